The first-order chi connectivity index (χ1) is 12.1. The Hall–Kier alpha value is -0.760. The van der Waals surface area contributed by atoms with E-state index < -0.39 is 5.60 Å². The Labute approximate surface area is 177 Å². The second-order valence-electron chi connectivity index (χ2n) is 7.82. The van der Waals surface area contributed by atoms with Gasteiger partial charge >= 0.3 is 0 Å². The van der Waals surface area contributed by atoms with Crippen molar-refractivity contribution in [2.24, 2.45) is 0 Å². The maximum absolute atomic E-state index is 11.5. The Bertz CT molecular complexity index is 627. The molecule has 1 aliphatic heterocycles. The van der Waals surface area contributed by atoms with Crippen molar-refractivity contribution in [2.45, 2.75) is 50.5 Å². The van der Waals surface area contributed by atoms with E-state index in [2.05, 4.69) is 53.0 Å². The van der Waals surface area contributed by atoms with Crippen LogP contribution in [0, 0.1) is 11.8 Å². The lowest BCUT2D eigenvalue weighted by Gasteiger charge is -2.43. The van der Waals surface area contributed by atoms with Gasteiger partial charge in [0.2, 0.25) is 0 Å². The summed E-state index contributed by atoms with van der Waals surface area (Å²) < 4.78 is 0. The zero-order valence-electron chi connectivity index (χ0n) is 16.6. The first-order valence-electron chi connectivity index (χ1n) is 9.77. The number of hydrogen-bond acceptors (Lipinski definition) is 3. The van der Waals surface area contributed by atoms with Crippen molar-refractivity contribution in [1.29, 1.82) is 0 Å². The highest BCUT2D eigenvalue weighted by molar-refractivity contribution is 5.85. The molecule has 152 valence electrons. The minimum absolute atomic E-state index is 0. The average Bonchev–Trinajstić information content (AvgIpc) is 2.62. The molecule has 0 spiro atoms. The van der Waals surface area contributed by atoms with E-state index in [4.69, 9.17) is 0 Å². The molecule has 0 amide bonds. The normalized spacial score (nSPS) is 21.1. The zero-order valence-corrected chi connectivity index (χ0v) is 18.2. The maximum atomic E-state index is 11.5. The largest absolute Gasteiger partial charge is 0.389 e. The molecule has 2 fully saturated rings. The molecule has 1 aromatic rings. The Morgan fingerprint density at radius 1 is 1.07 bits per heavy atom. The van der Waals surface area contributed by atoms with Gasteiger partial charge in [-0.1, -0.05) is 37.3 Å². The van der Waals surface area contributed by atoms with E-state index in [1.54, 1.807) is 0 Å². The van der Waals surface area contributed by atoms with E-state index in [1.807, 2.05) is 6.92 Å². The molecule has 0 bridgehead atoms. The molecule has 1 unspecified atom stereocenters. The summed E-state index contributed by atoms with van der Waals surface area (Å²) in [5, 5.41) is 11.5. The summed E-state index contributed by atoms with van der Waals surface area (Å²) in [4.78, 5) is 4.92. The summed E-state index contributed by atoms with van der Waals surface area (Å²) in [5.41, 5.74) is 1.74. The Morgan fingerprint density at radius 2 is 1.74 bits per heavy atom. The maximum Gasteiger partial charge on any atom is 0.0728 e. The highest BCUT2D eigenvalue weighted by Crippen LogP contribution is 2.40. The summed E-state index contributed by atoms with van der Waals surface area (Å²) in [6.07, 6.45) is 5.39. The molecule has 0 radical (unpaired) electrons. The van der Waals surface area contributed by atoms with Crippen LogP contribution < -0.4 is 0 Å². The lowest BCUT2D eigenvalue weighted by Crippen LogP contribution is -2.50. The monoisotopic (exact) mass is 412 g/mol. The Balaban J connectivity index is 0.00000182. The number of hydrogen-bond donors (Lipinski definition) is 1. The van der Waals surface area contributed by atoms with E-state index in [0.29, 0.717) is 0 Å². The fourth-order valence-electron chi connectivity index (χ4n) is 4.36. The van der Waals surface area contributed by atoms with E-state index >= 15 is 0 Å². The van der Waals surface area contributed by atoms with E-state index in [9.17, 15) is 5.11 Å². The number of halogens is 2. The third-order valence-electron chi connectivity index (χ3n) is 5.96. The topological polar surface area (TPSA) is 26.7 Å². The molecule has 1 aliphatic carbocycles. The van der Waals surface area contributed by atoms with Crippen molar-refractivity contribution in [3.63, 3.8) is 0 Å². The van der Waals surface area contributed by atoms with Gasteiger partial charge in [-0.05, 0) is 44.5 Å². The van der Waals surface area contributed by atoms with Crippen LogP contribution in [0.3, 0.4) is 0 Å². The molecule has 3 rings (SSSR count). The third-order valence-corrected chi connectivity index (χ3v) is 5.96. The molecule has 1 heterocycles. The predicted octanol–water partition coefficient (Wildman–Crippen LogP) is 3.93. The van der Waals surface area contributed by atoms with Crippen molar-refractivity contribution in [1.82, 2.24) is 9.80 Å². The van der Waals surface area contributed by atoms with Gasteiger partial charge in [0.25, 0.3) is 0 Å². The first kappa shape index (κ1) is 24.3. The smallest absolute Gasteiger partial charge is 0.0728 e. The molecule has 1 aromatic carbocycles. The molecule has 1 atom stereocenters. The molecule has 2 aliphatic rings. The van der Waals surface area contributed by atoms with Crippen LogP contribution in [-0.2, 0) is 0 Å². The lowest BCUT2D eigenvalue weighted by molar-refractivity contribution is -0.0337. The number of benzene rings is 1. The highest BCUT2D eigenvalue weighted by atomic mass is 35.5. The SMILES string of the molecule is CC#Cc1cccc(C(CN2CCN(C)CC2)C2(O)CCCCC2)c1.Cl.Cl. The van der Waals surface area contributed by atoms with Crippen molar-refractivity contribution in [3.8, 4) is 11.8 Å². The molecule has 5 heteroatoms. The van der Waals surface area contributed by atoms with Gasteiger partial charge in [0.1, 0.15) is 0 Å². The Morgan fingerprint density at radius 3 is 2.37 bits per heavy atom. The van der Waals surface area contributed by atoms with E-state index in [0.717, 1.165) is 64.0 Å². The van der Waals surface area contributed by atoms with Crippen LogP contribution >= 0.6 is 24.8 Å². The van der Waals surface area contributed by atoms with Crippen LogP contribution in [0.1, 0.15) is 56.1 Å². The van der Waals surface area contributed by atoms with Crippen molar-refractivity contribution < 1.29 is 5.11 Å². The Kier molecular flexibility index (Phi) is 10.2. The quantitative estimate of drug-likeness (QED) is 0.758. The third kappa shape index (κ3) is 6.38. The summed E-state index contributed by atoms with van der Waals surface area (Å²) in [5.74, 6) is 6.35. The van der Waals surface area contributed by atoms with Gasteiger partial charge in [-0.25, -0.2) is 0 Å². The highest BCUT2D eigenvalue weighted by Gasteiger charge is 2.39. The molecule has 1 N–H and O–H groups in total. The van der Waals surface area contributed by atoms with Crippen LogP contribution in [0.15, 0.2) is 24.3 Å². The zero-order chi connectivity index (χ0) is 17.7. The van der Waals surface area contributed by atoms with Gasteiger partial charge in [0, 0.05) is 44.2 Å². The number of likely N-dealkylation sites (N-methyl/N-ethyl adjacent to an activating group) is 1. The number of nitrogens with zero attached hydrogens (tertiary/aromatic N) is 2. The van der Waals surface area contributed by atoms with Crippen LogP contribution in [0.5, 0.6) is 0 Å². The minimum Gasteiger partial charge on any atom is -0.389 e. The number of piperazine rings is 1. The molecule has 0 aromatic heterocycles. The predicted molar refractivity (Wildman–Crippen MR) is 118 cm³/mol. The molecule has 3 nitrogen and oxygen atoms in total. The number of aliphatic hydroxyl groups is 1. The average molecular weight is 413 g/mol. The summed E-state index contributed by atoms with van der Waals surface area (Å²) in [6, 6.07) is 8.55. The second-order valence-corrected chi connectivity index (χ2v) is 7.82. The van der Waals surface area contributed by atoms with Crippen molar-refractivity contribution in [2.75, 3.05) is 39.8 Å². The van der Waals surface area contributed by atoms with Gasteiger partial charge in [0.15, 0.2) is 0 Å². The molecular weight excluding hydrogens is 379 g/mol. The summed E-state index contributed by atoms with van der Waals surface area (Å²) >= 11 is 0. The molecular formula is C22H34Cl2N2O. The van der Waals surface area contributed by atoms with E-state index in [-0.39, 0.29) is 30.7 Å². The van der Waals surface area contributed by atoms with Gasteiger partial charge in [-0.2, -0.15) is 0 Å². The lowest BCUT2D eigenvalue weighted by atomic mass is 9.72. The first-order valence-corrected chi connectivity index (χ1v) is 9.77. The van der Waals surface area contributed by atoms with Crippen LogP contribution in [0.25, 0.3) is 0 Å². The standard InChI is InChI=1S/C22H32N2O.2ClH/c1-3-8-19-9-7-10-20(17-19)21(22(25)11-5-4-6-12-22)18-24-15-13-23(2)14-16-24;;/h7,9-10,17,21,25H,4-6,11-16,18H2,1-2H3;2*1H. The van der Waals surface area contributed by atoms with Gasteiger partial charge < -0.3 is 14.9 Å². The van der Waals surface area contributed by atoms with Crippen LogP contribution in [-0.4, -0.2) is 60.3 Å². The van der Waals surface area contributed by atoms with Crippen LogP contribution in [0.4, 0.5) is 0 Å². The van der Waals surface area contributed by atoms with Crippen molar-refractivity contribution in [3.05, 3.63) is 35.4 Å². The molecule has 1 saturated carbocycles. The fourth-order valence-corrected chi connectivity index (χ4v) is 4.36. The molecule has 1 saturated heterocycles. The number of rotatable bonds is 4. The second kappa shape index (κ2) is 11.3. The van der Waals surface area contributed by atoms with Crippen LogP contribution in [0.2, 0.25) is 0 Å². The minimum atomic E-state index is -0.570. The van der Waals surface area contributed by atoms with Crippen molar-refractivity contribution >= 4 is 24.8 Å². The van der Waals surface area contributed by atoms with E-state index in [1.165, 1.54) is 12.0 Å². The summed E-state index contributed by atoms with van der Waals surface area (Å²) in [6.45, 7) is 7.25. The molecule has 27 heavy (non-hydrogen) atoms. The van der Waals surface area contributed by atoms with Gasteiger partial charge in [0.05, 0.1) is 5.60 Å². The summed E-state index contributed by atoms with van der Waals surface area (Å²) in [7, 11) is 2.19. The van der Waals surface area contributed by atoms with Gasteiger partial charge in [-0.15, -0.1) is 30.7 Å². The van der Waals surface area contributed by atoms with Gasteiger partial charge in [-0.3, -0.25) is 0 Å². The fraction of sp³-hybridized carbons (Fsp3) is 0.636.